The number of hydrogen-bond donors (Lipinski definition) is 0. The van der Waals surface area contributed by atoms with E-state index in [9.17, 15) is 18.0 Å². The van der Waals surface area contributed by atoms with Crippen molar-refractivity contribution < 1.29 is 18.0 Å². The number of thioether (sulfide) groups is 1. The predicted octanol–water partition coefficient (Wildman–Crippen LogP) is 6.26. The zero-order chi connectivity index (χ0) is 20.9. The molecule has 0 N–H and O–H groups in total. The highest BCUT2D eigenvalue weighted by atomic mass is 32.2. The number of Topliss-reactive ketones (excluding diaryl/α,β-unsaturated/α-hetero) is 1. The molecule has 2 aromatic rings. The smallest absolute Gasteiger partial charge is 0.249 e. The van der Waals surface area contributed by atoms with E-state index in [1.54, 1.807) is 49.4 Å². The summed E-state index contributed by atoms with van der Waals surface area (Å²) >= 11 is 1.37. The molecule has 2 aromatic carbocycles. The first-order chi connectivity index (χ1) is 13.7. The van der Waals surface area contributed by atoms with Gasteiger partial charge in [0.15, 0.2) is 5.78 Å². The fourth-order valence-electron chi connectivity index (χ4n) is 4.73. The van der Waals surface area contributed by atoms with Gasteiger partial charge in [0.25, 0.3) is 0 Å². The summed E-state index contributed by atoms with van der Waals surface area (Å²) in [5.41, 5.74) is -1.13. The van der Waals surface area contributed by atoms with Crippen LogP contribution in [0.3, 0.4) is 0 Å². The molecule has 0 bridgehead atoms. The lowest BCUT2D eigenvalue weighted by Crippen LogP contribution is -2.63. The Hall–Kier alpha value is -2.08. The first-order valence-electron chi connectivity index (χ1n) is 9.63. The van der Waals surface area contributed by atoms with E-state index in [0.29, 0.717) is 16.2 Å². The quantitative estimate of drug-likeness (QED) is 0.549. The Kier molecular flexibility index (Phi) is 4.88. The van der Waals surface area contributed by atoms with E-state index in [1.807, 2.05) is 13.0 Å². The summed E-state index contributed by atoms with van der Waals surface area (Å²) in [5, 5.41) is 0.348. The third-order valence-electron chi connectivity index (χ3n) is 6.36. The molecular formula is C23H22F3NOS. The molecule has 1 spiro atoms. The Morgan fingerprint density at radius 3 is 2.34 bits per heavy atom. The Labute approximate surface area is 172 Å². The number of rotatable bonds is 4. The summed E-state index contributed by atoms with van der Waals surface area (Å²) in [6.07, 6.45) is -0.583. The van der Waals surface area contributed by atoms with Gasteiger partial charge in [-0.25, -0.2) is 13.2 Å². The maximum Gasteiger partial charge on any atom is 0.249 e. The average Bonchev–Trinajstić information content (AvgIpc) is 2.65. The third kappa shape index (κ3) is 3.31. The maximum absolute atomic E-state index is 14.8. The molecule has 1 saturated carbocycles. The Morgan fingerprint density at radius 1 is 1.10 bits per heavy atom. The second-order valence-corrected chi connectivity index (χ2v) is 9.56. The van der Waals surface area contributed by atoms with Gasteiger partial charge in [-0.1, -0.05) is 55.5 Å². The molecular weight excluding hydrogens is 395 g/mol. The van der Waals surface area contributed by atoms with Crippen molar-refractivity contribution >= 4 is 22.6 Å². The van der Waals surface area contributed by atoms with E-state index in [-0.39, 0.29) is 30.3 Å². The zero-order valence-corrected chi connectivity index (χ0v) is 17.1. The molecule has 29 heavy (non-hydrogen) atoms. The van der Waals surface area contributed by atoms with Gasteiger partial charge in [0.05, 0.1) is 17.0 Å². The predicted molar refractivity (Wildman–Crippen MR) is 110 cm³/mol. The number of carbonyl (C=O) groups is 1. The van der Waals surface area contributed by atoms with Crippen LogP contribution in [0.2, 0.25) is 0 Å². The van der Waals surface area contributed by atoms with Crippen LogP contribution >= 0.6 is 11.8 Å². The molecule has 1 heterocycles. The Morgan fingerprint density at radius 2 is 1.72 bits per heavy atom. The molecule has 152 valence electrons. The largest absolute Gasteiger partial charge is 0.294 e. The lowest BCUT2D eigenvalue weighted by molar-refractivity contribution is -0.187. The molecule has 0 radical (unpaired) electrons. The first-order valence-corrected chi connectivity index (χ1v) is 10.5. The molecule has 1 aliphatic carbocycles. The number of halogens is 3. The Bertz CT molecular complexity index is 967. The summed E-state index contributed by atoms with van der Waals surface area (Å²) in [6.45, 7) is 3.63. The first kappa shape index (κ1) is 20.2. The molecule has 1 fully saturated rings. The molecule has 6 heteroatoms. The van der Waals surface area contributed by atoms with E-state index < -0.39 is 22.7 Å². The van der Waals surface area contributed by atoms with Crippen LogP contribution < -0.4 is 0 Å². The highest BCUT2D eigenvalue weighted by molar-refractivity contribution is 8.14. The van der Waals surface area contributed by atoms with Gasteiger partial charge >= 0.3 is 0 Å². The van der Waals surface area contributed by atoms with E-state index >= 15 is 0 Å². The normalized spacial score (nSPS) is 27.2. The van der Waals surface area contributed by atoms with Crippen LogP contribution in [0.25, 0.3) is 0 Å². The SMILES string of the molecule is C[C@H]1SC(CC(=O)c2ccccc2)=N[C@](C)(c2ccccc2F)C12CC(F)(F)C2. The molecule has 0 amide bonds. The second kappa shape index (κ2) is 7.01. The van der Waals surface area contributed by atoms with Crippen molar-refractivity contribution in [1.29, 1.82) is 0 Å². The summed E-state index contributed by atoms with van der Waals surface area (Å²) in [6, 6.07) is 15.1. The molecule has 2 atom stereocenters. The maximum atomic E-state index is 14.8. The molecule has 1 aliphatic heterocycles. The molecule has 0 unspecified atom stereocenters. The van der Waals surface area contributed by atoms with E-state index in [2.05, 4.69) is 0 Å². The minimum Gasteiger partial charge on any atom is -0.294 e. The minimum absolute atomic E-state index is 0.0789. The van der Waals surface area contributed by atoms with Gasteiger partial charge in [-0.2, -0.15) is 0 Å². The lowest BCUT2D eigenvalue weighted by Gasteiger charge is -2.60. The van der Waals surface area contributed by atoms with Gasteiger partial charge in [-0.15, -0.1) is 11.8 Å². The fraction of sp³-hybridized carbons (Fsp3) is 0.391. The fourth-order valence-corrected chi connectivity index (χ4v) is 6.21. The molecule has 0 saturated heterocycles. The van der Waals surface area contributed by atoms with Crippen LogP contribution in [0.1, 0.15) is 49.0 Å². The minimum atomic E-state index is -2.77. The van der Waals surface area contributed by atoms with Crippen molar-refractivity contribution in [2.45, 2.75) is 49.8 Å². The van der Waals surface area contributed by atoms with Gasteiger partial charge in [0.1, 0.15) is 5.82 Å². The van der Waals surface area contributed by atoms with Crippen molar-refractivity contribution in [2.24, 2.45) is 10.4 Å². The van der Waals surface area contributed by atoms with E-state index in [4.69, 9.17) is 4.99 Å². The highest BCUT2D eigenvalue weighted by Crippen LogP contribution is 2.67. The van der Waals surface area contributed by atoms with Gasteiger partial charge in [0, 0.05) is 34.6 Å². The van der Waals surface area contributed by atoms with Crippen LogP contribution in [-0.2, 0) is 5.54 Å². The Balaban J connectivity index is 1.76. The number of aliphatic imine (C=N–C) groups is 1. The topological polar surface area (TPSA) is 29.4 Å². The summed E-state index contributed by atoms with van der Waals surface area (Å²) in [5.74, 6) is -3.31. The summed E-state index contributed by atoms with van der Waals surface area (Å²) in [4.78, 5) is 17.5. The van der Waals surface area contributed by atoms with Crippen LogP contribution in [0.4, 0.5) is 13.2 Å². The van der Waals surface area contributed by atoms with Crippen molar-refractivity contribution in [3.05, 3.63) is 71.5 Å². The number of alkyl halides is 2. The van der Waals surface area contributed by atoms with Crippen molar-refractivity contribution in [3.8, 4) is 0 Å². The van der Waals surface area contributed by atoms with Crippen LogP contribution in [0.15, 0.2) is 59.6 Å². The third-order valence-corrected chi connectivity index (χ3v) is 7.68. The van der Waals surface area contributed by atoms with Crippen molar-refractivity contribution in [3.63, 3.8) is 0 Å². The number of hydrogen-bond acceptors (Lipinski definition) is 3. The van der Waals surface area contributed by atoms with Gasteiger partial charge in [-0.05, 0) is 13.0 Å². The summed E-state index contributed by atoms with van der Waals surface area (Å²) < 4.78 is 42.8. The monoisotopic (exact) mass is 417 g/mol. The number of ketones is 1. The van der Waals surface area contributed by atoms with Crippen LogP contribution in [-0.4, -0.2) is 22.0 Å². The highest BCUT2D eigenvalue weighted by Gasteiger charge is 2.69. The number of carbonyl (C=O) groups excluding carboxylic acids is 1. The molecule has 4 rings (SSSR count). The van der Waals surface area contributed by atoms with Crippen molar-refractivity contribution in [2.75, 3.05) is 0 Å². The van der Waals surface area contributed by atoms with Crippen LogP contribution in [0.5, 0.6) is 0 Å². The average molecular weight is 417 g/mol. The number of benzene rings is 2. The summed E-state index contributed by atoms with van der Waals surface area (Å²) in [7, 11) is 0. The van der Waals surface area contributed by atoms with E-state index in [0.717, 1.165) is 0 Å². The van der Waals surface area contributed by atoms with Crippen molar-refractivity contribution in [1.82, 2.24) is 0 Å². The molecule has 2 nitrogen and oxygen atoms in total. The second-order valence-electron chi connectivity index (χ2n) is 8.15. The zero-order valence-electron chi connectivity index (χ0n) is 16.3. The van der Waals surface area contributed by atoms with E-state index in [1.165, 1.54) is 17.8 Å². The number of nitrogens with zero attached hydrogens (tertiary/aromatic N) is 1. The van der Waals surface area contributed by atoms with Gasteiger partial charge in [-0.3, -0.25) is 9.79 Å². The molecule has 0 aromatic heterocycles. The van der Waals surface area contributed by atoms with Gasteiger partial charge in [0.2, 0.25) is 5.92 Å². The standard InChI is InChI=1S/C23H22F3NOS/c1-15-22(13-23(25,26)14-22)21(2,17-10-6-7-11-18(17)24)27-20(29-15)12-19(28)16-8-4-3-5-9-16/h3-11,15H,12-14H2,1-2H3/t15-,21-/m1/s1. The van der Waals surface area contributed by atoms with Crippen LogP contribution in [0, 0.1) is 11.2 Å². The molecule has 2 aliphatic rings. The van der Waals surface area contributed by atoms with Gasteiger partial charge < -0.3 is 0 Å². The lowest BCUT2D eigenvalue weighted by atomic mass is 9.52.